The summed E-state index contributed by atoms with van der Waals surface area (Å²) < 4.78 is 10.3. The lowest BCUT2D eigenvalue weighted by Crippen LogP contribution is -2.37. The van der Waals surface area contributed by atoms with Crippen LogP contribution < -0.4 is 10.5 Å². The Hall–Kier alpha value is -1.10. The predicted molar refractivity (Wildman–Crippen MR) is 73.9 cm³/mol. The SMILES string of the molecule is COCC(C)N(C)CC(N)c1ccc(OC)cc1. The fraction of sp³-hybridized carbons (Fsp3) is 0.571. The molecule has 0 aromatic heterocycles. The molecule has 102 valence electrons. The van der Waals surface area contributed by atoms with Crippen molar-refractivity contribution >= 4 is 0 Å². The smallest absolute Gasteiger partial charge is 0.118 e. The highest BCUT2D eigenvalue weighted by molar-refractivity contribution is 5.29. The second-order valence-electron chi connectivity index (χ2n) is 4.62. The normalized spacial score (nSPS) is 14.6. The number of ether oxygens (including phenoxy) is 2. The van der Waals surface area contributed by atoms with Crippen LogP contribution in [0.25, 0.3) is 0 Å². The van der Waals surface area contributed by atoms with Crippen LogP contribution in [0.1, 0.15) is 18.5 Å². The minimum Gasteiger partial charge on any atom is -0.497 e. The van der Waals surface area contributed by atoms with Gasteiger partial charge in [0.15, 0.2) is 0 Å². The molecule has 4 heteroatoms. The molecule has 0 heterocycles. The van der Waals surface area contributed by atoms with Gasteiger partial charge in [-0.15, -0.1) is 0 Å². The highest BCUT2D eigenvalue weighted by Gasteiger charge is 2.14. The Kier molecular flexibility index (Phi) is 6.12. The molecule has 1 rings (SSSR count). The number of methoxy groups -OCH3 is 2. The Morgan fingerprint density at radius 3 is 2.33 bits per heavy atom. The van der Waals surface area contributed by atoms with Crippen LogP contribution in [0.3, 0.4) is 0 Å². The molecule has 2 N–H and O–H groups in total. The van der Waals surface area contributed by atoms with Crippen molar-refractivity contribution in [2.24, 2.45) is 5.73 Å². The second-order valence-corrected chi connectivity index (χ2v) is 4.62. The number of benzene rings is 1. The van der Waals surface area contributed by atoms with E-state index in [-0.39, 0.29) is 6.04 Å². The molecule has 0 aliphatic heterocycles. The average Bonchev–Trinajstić information content (AvgIpc) is 2.39. The van der Waals surface area contributed by atoms with Crippen molar-refractivity contribution < 1.29 is 9.47 Å². The van der Waals surface area contributed by atoms with Gasteiger partial charge in [-0.1, -0.05) is 12.1 Å². The molecule has 0 saturated carbocycles. The van der Waals surface area contributed by atoms with E-state index >= 15 is 0 Å². The first-order valence-electron chi connectivity index (χ1n) is 6.17. The van der Waals surface area contributed by atoms with Gasteiger partial charge in [0.05, 0.1) is 13.7 Å². The maximum absolute atomic E-state index is 6.20. The average molecular weight is 252 g/mol. The topological polar surface area (TPSA) is 47.7 Å². The molecule has 0 aliphatic rings. The maximum Gasteiger partial charge on any atom is 0.118 e. The van der Waals surface area contributed by atoms with Gasteiger partial charge < -0.3 is 15.2 Å². The largest absolute Gasteiger partial charge is 0.497 e. The van der Waals surface area contributed by atoms with Gasteiger partial charge in [-0.05, 0) is 31.7 Å². The Balaban J connectivity index is 2.55. The number of nitrogens with two attached hydrogens (primary N) is 1. The molecule has 0 spiro atoms. The summed E-state index contributed by atoms with van der Waals surface area (Å²) in [6.45, 7) is 3.65. The Labute approximate surface area is 110 Å². The van der Waals surface area contributed by atoms with E-state index in [1.165, 1.54) is 0 Å². The number of nitrogens with zero attached hydrogens (tertiary/aromatic N) is 1. The van der Waals surface area contributed by atoms with Crippen LogP contribution in [0.2, 0.25) is 0 Å². The summed E-state index contributed by atoms with van der Waals surface area (Å²) in [5.41, 5.74) is 7.32. The zero-order valence-corrected chi connectivity index (χ0v) is 11.7. The summed E-state index contributed by atoms with van der Waals surface area (Å²) in [5, 5.41) is 0. The molecule has 0 fully saturated rings. The van der Waals surface area contributed by atoms with Crippen LogP contribution in [0.15, 0.2) is 24.3 Å². The lowest BCUT2D eigenvalue weighted by atomic mass is 10.1. The summed E-state index contributed by atoms with van der Waals surface area (Å²) in [6, 6.07) is 8.26. The van der Waals surface area contributed by atoms with E-state index in [0.717, 1.165) is 17.9 Å². The molecule has 2 unspecified atom stereocenters. The van der Waals surface area contributed by atoms with E-state index in [1.54, 1.807) is 14.2 Å². The summed E-state index contributed by atoms with van der Waals surface area (Å²) in [4.78, 5) is 2.21. The zero-order chi connectivity index (χ0) is 13.5. The Morgan fingerprint density at radius 2 is 1.83 bits per heavy atom. The van der Waals surface area contributed by atoms with Crippen molar-refractivity contribution in [3.63, 3.8) is 0 Å². The molecule has 0 amide bonds. The van der Waals surface area contributed by atoms with E-state index in [2.05, 4.69) is 18.9 Å². The van der Waals surface area contributed by atoms with Gasteiger partial charge in [0.1, 0.15) is 5.75 Å². The number of likely N-dealkylation sites (N-methyl/N-ethyl adjacent to an activating group) is 1. The molecular formula is C14H24N2O2. The van der Waals surface area contributed by atoms with E-state index in [9.17, 15) is 0 Å². The number of rotatable bonds is 7. The molecule has 0 aliphatic carbocycles. The fourth-order valence-electron chi connectivity index (χ4n) is 1.82. The van der Waals surface area contributed by atoms with Crippen molar-refractivity contribution in [2.75, 3.05) is 34.4 Å². The van der Waals surface area contributed by atoms with Crippen LogP contribution in [0.5, 0.6) is 5.75 Å². The lowest BCUT2D eigenvalue weighted by Gasteiger charge is -2.27. The zero-order valence-electron chi connectivity index (χ0n) is 11.7. The van der Waals surface area contributed by atoms with E-state index < -0.39 is 0 Å². The molecule has 1 aromatic carbocycles. The minimum absolute atomic E-state index is 0.000197. The van der Waals surface area contributed by atoms with Gasteiger partial charge in [-0.3, -0.25) is 4.90 Å². The third-order valence-electron chi connectivity index (χ3n) is 3.19. The standard InChI is InChI=1S/C14H24N2O2/c1-11(10-17-3)16(2)9-14(15)12-5-7-13(18-4)8-6-12/h5-8,11,14H,9-10,15H2,1-4H3. The first kappa shape index (κ1) is 15.0. The van der Waals surface area contributed by atoms with Crippen molar-refractivity contribution in [3.05, 3.63) is 29.8 Å². The minimum atomic E-state index is 0.000197. The molecule has 4 nitrogen and oxygen atoms in total. The van der Waals surface area contributed by atoms with Gasteiger partial charge in [0.2, 0.25) is 0 Å². The van der Waals surface area contributed by atoms with Crippen molar-refractivity contribution in [1.29, 1.82) is 0 Å². The number of hydrogen-bond acceptors (Lipinski definition) is 4. The van der Waals surface area contributed by atoms with E-state index in [0.29, 0.717) is 12.6 Å². The van der Waals surface area contributed by atoms with Gasteiger partial charge in [-0.25, -0.2) is 0 Å². The van der Waals surface area contributed by atoms with Gasteiger partial charge in [0.25, 0.3) is 0 Å². The third-order valence-corrected chi connectivity index (χ3v) is 3.19. The molecule has 2 atom stereocenters. The fourth-order valence-corrected chi connectivity index (χ4v) is 1.82. The van der Waals surface area contributed by atoms with Crippen molar-refractivity contribution in [3.8, 4) is 5.75 Å². The van der Waals surface area contributed by atoms with Crippen LogP contribution in [0, 0.1) is 0 Å². The Morgan fingerprint density at radius 1 is 1.22 bits per heavy atom. The number of hydrogen-bond donors (Lipinski definition) is 1. The highest BCUT2D eigenvalue weighted by atomic mass is 16.5. The van der Waals surface area contributed by atoms with Crippen molar-refractivity contribution in [2.45, 2.75) is 19.0 Å². The first-order chi connectivity index (χ1) is 8.58. The summed E-state index contributed by atoms with van der Waals surface area (Å²) in [6.07, 6.45) is 0. The molecule has 18 heavy (non-hydrogen) atoms. The molecule has 0 saturated heterocycles. The van der Waals surface area contributed by atoms with E-state index in [1.807, 2.05) is 24.3 Å². The van der Waals surface area contributed by atoms with Crippen LogP contribution in [-0.4, -0.2) is 45.4 Å². The highest BCUT2D eigenvalue weighted by Crippen LogP contribution is 2.17. The third kappa shape index (κ3) is 4.29. The van der Waals surface area contributed by atoms with Crippen LogP contribution in [-0.2, 0) is 4.74 Å². The summed E-state index contributed by atoms with van der Waals surface area (Å²) in [5.74, 6) is 0.854. The monoisotopic (exact) mass is 252 g/mol. The van der Waals surface area contributed by atoms with Gasteiger partial charge in [0, 0.05) is 25.7 Å². The van der Waals surface area contributed by atoms with Crippen LogP contribution in [0.4, 0.5) is 0 Å². The lowest BCUT2D eigenvalue weighted by molar-refractivity contribution is 0.112. The predicted octanol–water partition coefficient (Wildman–Crippen LogP) is 1.66. The van der Waals surface area contributed by atoms with Crippen molar-refractivity contribution in [1.82, 2.24) is 4.90 Å². The molecule has 1 aromatic rings. The molecular weight excluding hydrogens is 228 g/mol. The first-order valence-corrected chi connectivity index (χ1v) is 6.17. The Bertz CT molecular complexity index is 340. The second kappa shape index (κ2) is 7.36. The quantitative estimate of drug-likeness (QED) is 0.802. The summed E-state index contributed by atoms with van der Waals surface area (Å²) in [7, 11) is 5.44. The van der Waals surface area contributed by atoms with Gasteiger partial charge >= 0.3 is 0 Å². The van der Waals surface area contributed by atoms with Crippen LogP contribution >= 0.6 is 0 Å². The van der Waals surface area contributed by atoms with E-state index in [4.69, 9.17) is 15.2 Å². The summed E-state index contributed by atoms with van der Waals surface area (Å²) >= 11 is 0. The molecule has 0 radical (unpaired) electrons. The van der Waals surface area contributed by atoms with Gasteiger partial charge in [-0.2, -0.15) is 0 Å². The molecule has 0 bridgehead atoms. The maximum atomic E-state index is 6.20.